The number of H-pyrrole nitrogens is 1. The highest BCUT2D eigenvalue weighted by molar-refractivity contribution is 6.42. The summed E-state index contributed by atoms with van der Waals surface area (Å²) < 4.78 is 0. The summed E-state index contributed by atoms with van der Waals surface area (Å²) in [7, 11) is 0. The van der Waals surface area contributed by atoms with Crippen molar-refractivity contribution in [2.75, 3.05) is 0 Å². The van der Waals surface area contributed by atoms with Crippen molar-refractivity contribution < 1.29 is 0 Å². The number of nitrogens with one attached hydrogen (secondary N) is 2. The van der Waals surface area contributed by atoms with Gasteiger partial charge in [-0.1, -0.05) is 29.3 Å². The van der Waals surface area contributed by atoms with Crippen LogP contribution in [0.1, 0.15) is 11.1 Å². The molecule has 0 saturated carbocycles. The second-order valence-corrected chi connectivity index (χ2v) is 4.27. The largest absolute Gasteiger partial charge is 0.309 e. The van der Waals surface area contributed by atoms with Crippen molar-refractivity contribution in [2.24, 2.45) is 0 Å². The van der Waals surface area contributed by atoms with Crippen LogP contribution in [0.3, 0.4) is 0 Å². The minimum Gasteiger partial charge on any atom is -0.309 e. The molecular formula is C11H11Cl2N3. The first-order valence-electron chi connectivity index (χ1n) is 4.88. The third kappa shape index (κ3) is 2.98. The summed E-state index contributed by atoms with van der Waals surface area (Å²) in [4.78, 5) is 0. The van der Waals surface area contributed by atoms with E-state index in [1.165, 1.54) is 0 Å². The van der Waals surface area contributed by atoms with E-state index in [0.29, 0.717) is 10.0 Å². The fourth-order valence-corrected chi connectivity index (χ4v) is 1.70. The number of aromatic amines is 1. The van der Waals surface area contributed by atoms with Gasteiger partial charge in [0.15, 0.2) is 0 Å². The van der Waals surface area contributed by atoms with E-state index in [2.05, 4.69) is 15.5 Å². The Morgan fingerprint density at radius 1 is 1.12 bits per heavy atom. The molecule has 0 unspecified atom stereocenters. The van der Waals surface area contributed by atoms with Gasteiger partial charge in [0, 0.05) is 24.8 Å². The molecule has 3 nitrogen and oxygen atoms in total. The second kappa shape index (κ2) is 5.34. The highest BCUT2D eigenvalue weighted by Gasteiger charge is 1.99. The van der Waals surface area contributed by atoms with E-state index in [1.807, 2.05) is 18.3 Å². The molecule has 84 valence electrons. The maximum Gasteiger partial charge on any atom is 0.0595 e. The lowest BCUT2D eigenvalue weighted by Gasteiger charge is -2.04. The molecule has 0 amide bonds. The van der Waals surface area contributed by atoms with Crippen LogP contribution in [0.15, 0.2) is 30.6 Å². The summed E-state index contributed by atoms with van der Waals surface area (Å²) in [5.74, 6) is 0. The Morgan fingerprint density at radius 3 is 2.62 bits per heavy atom. The van der Waals surface area contributed by atoms with Crippen LogP contribution in [0.5, 0.6) is 0 Å². The zero-order chi connectivity index (χ0) is 11.4. The highest BCUT2D eigenvalue weighted by atomic mass is 35.5. The number of benzene rings is 1. The SMILES string of the molecule is Clc1ccc(CNCc2cn[nH]c2)cc1Cl. The molecule has 1 aromatic heterocycles. The van der Waals surface area contributed by atoms with Crippen molar-refractivity contribution >= 4 is 23.2 Å². The minimum atomic E-state index is 0.584. The average Bonchev–Trinajstić information content (AvgIpc) is 2.76. The van der Waals surface area contributed by atoms with Gasteiger partial charge in [0.1, 0.15) is 0 Å². The molecule has 2 aromatic rings. The standard InChI is InChI=1S/C11H11Cl2N3/c12-10-2-1-8(3-11(10)13)4-14-5-9-6-15-16-7-9/h1-3,6-7,14H,4-5H2,(H,15,16). The number of nitrogens with zero attached hydrogens (tertiary/aromatic N) is 1. The van der Waals surface area contributed by atoms with Gasteiger partial charge in [-0.2, -0.15) is 5.10 Å². The second-order valence-electron chi connectivity index (χ2n) is 3.46. The molecule has 2 rings (SSSR count). The Bertz CT molecular complexity index is 454. The van der Waals surface area contributed by atoms with Crippen LogP contribution in [-0.2, 0) is 13.1 Å². The maximum absolute atomic E-state index is 5.92. The molecule has 0 spiro atoms. The predicted octanol–water partition coefficient (Wildman–Crippen LogP) is 3.01. The molecule has 1 aromatic carbocycles. The van der Waals surface area contributed by atoms with Crippen LogP contribution in [0.2, 0.25) is 10.0 Å². The molecule has 0 fully saturated rings. The van der Waals surface area contributed by atoms with Crippen molar-refractivity contribution in [3.05, 3.63) is 51.8 Å². The molecule has 0 aliphatic carbocycles. The summed E-state index contributed by atoms with van der Waals surface area (Å²) in [5.41, 5.74) is 2.23. The highest BCUT2D eigenvalue weighted by Crippen LogP contribution is 2.22. The van der Waals surface area contributed by atoms with Gasteiger partial charge in [-0.3, -0.25) is 5.10 Å². The molecule has 1 heterocycles. The van der Waals surface area contributed by atoms with Gasteiger partial charge in [0.2, 0.25) is 0 Å². The van der Waals surface area contributed by atoms with E-state index >= 15 is 0 Å². The first kappa shape index (κ1) is 11.5. The van der Waals surface area contributed by atoms with E-state index in [-0.39, 0.29) is 0 Å². The van der Waals surface area contributed by atoms with Gasteiger partial charge in [0.25, 0.3) is 0 Å². The van der Waals surface area contributed by atoms with Crippen molar-refractivity contribution in [3.8, 4) is 0 Å². The number of halogens is 2. The molecule has 0 bridgehead atoms. The van der Waals surface area contributed by atoms with E-state index in [0.717, 1.165) is 24.2 Å². The van der Waals surface area contributed by atoms with Crippen molar-refractivity contribution in [1.29, 1.82) is 0 Å². The van der Waals surface area contributed by atoms with Gasteiger partial charge in [-0.15, -0.1) is 0 Å². The van der Waals surface area contributed by atoms with E-state index in [4.69, 9.17) is 23.2 Å². The maximum atomic E-state index is 5.92. The summed E-state index contributed by atoms with van der Waals surface area (Å²) in [6.45, 7) is 1.53. The van der Waals surface area contributed by atoms with Gasteiger partial charge in [-0.25, -0.2) is 0 Å². The topological polar surface area (TPSA) is 40.7 Å². The molecular weight excluding hydrogens is 245 g/mol. The number of hydrogen-bond acceptors (Lipinski definition) is 2. The Kier molecular flexibility index (Phi) is 3.83. The van der Waals surface area contributed by atoms with Crippen LogP contribution in [0.25, 0.3) is 0 Å². The third-order valence-corrected chi connectivity index (χ3v) is 2.94. The summed E-state index contributed by atoms with van der Waals surface area (Å²) >= 11 is 11.7. The van der Waals surface area contributed by atoms with Crippen molar-refractivity contribution in [1.82, 2.24) is 15.5 Å². The average molecular weight is 256 g/mol. The van der Waals surface area contributed by atoms with Crippen LogP contribution in [0.4, 0.5) is 0 Å². The van der Waals surface area contributed by atoms with Crippen LogP contribution in [0, 0.1) is 0 Å². The molecule has 0 radical (unpaired) electrons. The molecule has 0 aliphatic heterocycles. The van der Waals surface area contributed by atoms with E-state index in [9.17, 15) is 0 Å². The number of aromatic nitrogens is 2. The quantitative estimate of drug-likeness (QED) is 0.882. The molecule has 2 N–H and O–H groups in total. The van der Waals surface area contributed by atoms with E-state index in [1.54, 1.807) is 12.3 Å². The lowest BCUT2D eigenvalue weighted by molar-refractivity contribution is 0.694. The van der Waals surface area contributed by atoms with E-state index < -0.39 is 0 Å². The summed E-state index contributed by atoms with van der Waals surface area (Å²) in [5, 5.41) is 11.1. The third-order valence-electron chi connectivity index (χ3n) is 2.20. The van der Waals surface area contributed by atoms with Gasteiger partial charge in [0.05, 0.1) is 16.2 Å². The fraction of sp³-hybridized carbons (Fsp3) is 0.182. The Hall–Kier alpha value is -1.03. The lowest BCUT2D eigenvalue weighted by Crippen LogP contribution is -2.12. The summed E-state index contributed by atoms with van der Waals surface area (Å²) in [6.07, 6.45) is 3.66. The number of hydrogen-bond donors (Lipinski definition) is 2. The van der Waals surface area contributed by atoms with Crippen molar-refractivity contribution in [3.63, 3.8) is 0 Å². The molecule has 0 aliphatic rings. The summed E-state index contributed by atoms with van der Waals surface area (Å²) in [6, 6.07) is 5.63. The monoisotopic (exact) mass is 255 g/mol. The first-order valence-corrected chi connectivity index (χ1v) is 5.63. The minimum absolute atomic E-state index is 0.584. The fourth-order valence-electron chi connectivity index (χ4n) is 1.38. The smallest absolute Gasteiger partial charge is 0.0595 e. The zero-order valence-electron chi connectivity index (χ0n) is 8.50. The van der Waals surface area contributed by atoms with Crippen LogP contribution in [-0.4, -0.2) is 10.2 Å². The lowest BCUT2D eigenvalue weighted by atomic mass is 10.2. The Labute approximate surface area is 104 Å². The number of rotatable bonds is 4. The Balaban J connectivity index is 1.87. The van der Waals surface area contributed by atoms with Gasteiger partial charge >= 0.3 is 0 Å². The van der Waals surface area contributed by atoms with Gasteiger partial charge in [-0.05, 0) is 17.7 Å². The zero-order valence-corrected chi connectivity index (χ0v) is 10.0. The first-order chi connectivity index (χ1) is 7.75. The molecule has 16 heavy (non-hydrogen) atoms. The molecule has 0 atom stereocenters. The molecule has 0 saturated heterocycles. The van der Waals surface area contributed by atoms with Crippen molar-refractivity contribution in [2.45, 2.75) is 13.1 Å². The van der Waals surface area contributed by atoms with Gasteiger partial charge < -0.3 is 5.32 Å². The normalized spacial score (nSPS) is 10.6. The van der Waals surface area contributed by atoms with Crippen LogP contribution < -0.4 is 5.32 Å². The Morgan fingerprint density at radius 2 is 1.94 bits per heavy atom. The molecule has 5 heteroatoms. The van der Waals surface area contributed by atoms with Crippen LogP contribution >= 0.6 is 23.2 Å². The predicted molar refractivity (Wildman–Crippen MR) is 65.6 cm³/mol.